The molecule has 2 fully saturated rings. The Hall–Kier alpha value is -1.33. The van der Waals surface area contributed by atoms with Crippen molar-refractivity contribution in [3.05, 3.63) is 11.5 Å². The molecule has 27 heavy (non-hydrogen) atoms. The van der Waals surface area contributed by atoms with Crippen LogP contribution in [0, 0.1) is 0 Å². The predicted molar refractivity (Wildman–Crippen MR) is 94.5 cm³/mol. The van der Waals surface area contributed by atoms with Gasteiger partial charge in [0, 0.05) is 13.1 Å². The van der Waals surface area contributed by atoms with Gasteiger partial charge < -0.3 is 19.6 Å². The Bertz CT molecular complexity index is 907. The average molecular weight is 420 g/mol. The van der Waals surface area contributed by atoms with Crippen molar-refractivity contribution in [2.24, 2.45) is 0 Å². The third-order valence-electron chi connectivity index (χ3n) is 4.68. The predicted octanol–water partition coefficient (Wildman–Crippen LogP) is 1.10. The van der Waals surface area contributed by atoms with Crippen LogP contribution in [-0.4, -0.2) is 67.5 Å². The van der Waals surface area contributed by atoms with Crippen LogP contribution in [0.3, 0.4) is 0 Å². The van der Waals surface area contributed by atoms with Crippen molar-refractivity contribution < 1.29 is 28.3 Å². The SMILES string of the molecule is CCN(CC)c1nc2c(Cl)ncnc2n1C1OC2COP(=O)(O)OC2C1O. The second-order valence-corrected chi connectivity index (χ2v) is 7.94. The molecule has 0 radical (unpaired) electrons. The van der Waals surface area contributed by atoms with Gasteiger partial charge in [-0.1, -0.05) is 11.6 Å². The maximum atomic E-state index is 11.7. The number of aliphatic hydroxyl groups excluding tert-OH is 1. The Kier molecular flexibility index (Phi) is 4.88. The Balaban J connectivity index is 1.82. The van der Waals surface area contributed by atoms with E-state index in [-0.39, 0.29) is 11.8 Å². The Morgan fingerprint density at radius 2 is 2.15 bits per heavy atom. The molecule has 2 saturated heterocycles. The first-order chi connectivity index (χ1) is 12.9. The largest absolute Gasteiger partial charge is 0.472 e. The van der Waals surface area contributed by atoms with E-state index < -0.39 is 32.4 Å². The minimum Gasteiger partial charge on any atom is -0.386 e. The van der Waals surface area contributed by atoms with Gasteiger partial charge in [-0.25, -0.2) is 19.5 Å². The summed E-state index contributed by atoms with van der Waals surface area (Å²) in [7, 11) is -4.22. The van der Waals surface area contributed by atoms with E-state index in [1.807, 2.05) is 18.7 Å². The Labute approximate surface area is 159 Å². The van der Waals surface area contributed by atoms with Crippen LogP contribution >= 0.6 is 19.4 Å². The first-order valence-corrected chi connectivity index (χ1v) is 10.4. The molecule has 5 unspecified atom stereocenters. The van der Waals surface area contributed by atoms with Crippen LogP contribution in [0.4, 0.5) is 5.95 Å². The third-order valence-corrected chi connectivity index (χ3v) is 5.94. The molecule has 11 nitrogen and oxygen atoms in total. The van der Waals surface area contributed by atoms with Crippen LogP contribution in [0.1, 0.15) is 20.1 Å². The number of aromatic nitrogens is 4. The van der Waals surface area contributed by atoms with Crippen LogP contribution in [0.15, 0.2) is 6.33 Å². The number of hydrogen-bond donors (Lipinski definition) is 2. The summed E-state index contributed by atoms with van der Waals surface area (Å²) in [5.74, 6) is 0.494. The van der Waals surface area contributed by atoms with Gasteiger partial charge in [-0.05, 0) is 13.8 Å². The smallest absolute Gasteiger partial charge is 0.386 e. The minimum absolute atomic E-state index is 0.172. The number of halogens is 1. The van der Waals surface area contributed by atoms with E-state index in [9.17, 15) is 14.6 Å². The zero-order valence-electron chi connectivity index (χ0n) is 14.6. The standard InChI is InChI=1S/C14H19ClN5O6P/c1-3-19(4-2)14-18-8-11(15)16-6-17-12(8)20(14)13-9(21)10-7(25-13)5-24-27(22,23)26-10/h6-7,9-10,13,21H,3-5H2,1-2H3,(H,22,23). The molecule has 148 valence electrons. The number of anilines is 1. The third kappa shape index (κ3) is 3.13. The highest BCUT2D eigenvalue weighted by Crippen LogP contribution is 2.53. The first kappa shape index (κ1) is 19.0. The minimum atomic E-state index is -4.22. The van der Waals surface area contributed by atoms with Gasteiger partial charge in [-0.3, -0.25) is 13.6 Å². The van der Waals surface area contributed by atoms with Crippen molar-refractivity contribution in [3.63, 3.8) is 0 Å². The van der Waals surface area contributed by atoms with Crippen LogP contribution in [0.25, 0.3) is 11.2 Å². The normalized spacial score (nSPS) is 33.4. The number of aliphatic hydroxyl groups is 1. The maximum Gasteiger partial charge on any atom is 0.472 e. The summed E-state index contributed by atoms with van der Waals surface area (Å²) in [6, 6.07) is 0. The van der Waals surface area contributed by atoms with Crippen molar-refractivity contribution in [3.8, 4) is 0 Å². The second-order valence-electron chi connectivity index (χ2n) is 6.18. The van der Waals surface area contributed by atoms with E-state index in [2.05, 4.69) is 15.0 Å². The lowest BCUT2D eigenvalue weighted by Gasteiger charge is -2.28. The van der Waals surface area contributed by atoms with Crippen LogP contribution < -0.4 is 4.90 Å². The fourth-order valence-electron chi connectivity index (χ4n) is 3.38. The van der Waals surface area contributed by atoms with Gasteiger partial charge in [0.25, 0.3) is 0 Å². The zero-order chi connectivity index (χ0) is 19.3. The summed E-state index contributed by atoms with van der Waals surface area (Å²) >= 11 is 6.17. The second kappa shape index (κ2) is 6.93. The van der Waals surface area contributed by atoms with Crippen molar-refractivity contribution in [1.29, 1.82) is 0 Å². The van der Waals surface area contributed by atoms with E-state index in [4.69, 9.17) is 25.4 Å². The zero-order valence-corrected chi connectivity index (χ0v) is 16.2. The Morgan fingerprint density at radius 1 is 1.41 bits per heavy atom. The molecule has 0 bridgehead atoms. The van der Waals surface area contributed by atoms with Crippen LogP contribution in [-0.2, 0) is 18.3 Å². The molecule has 4 rings (SSSR count). The van der Waals surface area contributed by atoms with E-state index in [0.717, 1.165) is 0 Å². The quantitative estimate of drug-likeness (QED) is 0.548. The number of phosphoric ester groups is 1. The average Bonchev–Trinajstić information content (AvgIpc) is 3.15. The monoisotopic (exact) mass is 419 g/mol. The summed E-state index contributed by atoms with van der Waals surface area (Å²) < 4.78 is 29.1. The molecule has 2 N–H and O–H groups in total. The molecule has 0 aromatic carbocycles. The van der Waals surface area contributed by atoms with Crippen molar-refractivity contribution in [2.75, 3.05) is 24.6 Å². The number of nitrogens with zero attached hydrogens (tertiary/aromatic N) is 5. The molecule has 2 aromatic heterocycles. The molecule has 5 atom stereocenters. The number of hydrogen-bond acceptors (Lipinski definition) is 9. The van der Waals surface area contributed by atoms with Crippen molar-refractivity contribution >= 4 is 36.5 Å². The van der Waals surface area contributed by atoms with Gasteiger partial charge in [0.05, 0.1) is 6.61 Å². The van der Waals surface area contributed by atoms with Crippen molar-refractivity contribution in [1.82, 2.24) is 19.5 Å². The van der Waals surface area contributed by atoms with Crippen LogP contribution in [0.2, 0.25) is 5.15 Å². The lowest BCUT2D eigenvalue weighted by molar-refractivity contribution is -0.0661. The molecule has 0 aliphatic carbocycles. The first-order valence-electron chi connectivity index (χ1n) is 8.49. The van der Waals surface area contributed by atoms with Gasteiger partial charge in [-0.15, -0.1) is 0 Å². The molecule has 0 saturated carbocycles. The molecular formula is C14H19ClN5O6P. The molecule has 2 aliphatic rings. The molecule has 0 spiro atoms. The lowest BCUT2D eigenvalue weighted by atomic mass is 10.1. The van der Waals surface area contributed by atoms with E-state index in [0.29, 0.717) is 30.2 Å². The highest BCUT2D eigenvalue weighted by atomic mass is 35.5. The Morgan fingerprint density at radius 3 is 2.85 bits per heavy atom. The summed E-state index contributed by atoms with van der Waals surface area (Å²) in [5, 5.41) is 11.0. The summed E-state index contributed by atoms with van der Waals surface area (Å²) in [6.45, 7) is 5.04. The number of fused-ring (bicyclic) bond motifs is 2. The summed E-state index contributed by atoms with van der Waals surface area (Å²) in [4.78, 5) is 24.3. The fourth-order valence-corrected chi connectivity index (χ4v) is 4.52. The van der Waals surface area contributed by atoms with Gasteiger partial charge in [0.1, 0.15) is 30.2 Å². The topological polar surface area (TPSA) is 132 Å². The molecule has 4 heterocycles. The van der Waals surface area contributed by atoms with E-state index >= 15 is 0 Å². The molecule has 2 aliphatic heterocycles. The van der Waals surface area contributed by atoms with Gasteiger partial charge in [0.2, 0.25) is 5.95 Å². The summed E-state index contributed by atoms with van der Waals surface area (Å²) in [6.07, 6.45) is -2.62. The summed E-state index contributed by atoms with van der Waals surface area (Å²) in [5.41, 5.74) is 0.754. The lowest BCUT2D eigenvalue weighted by Crippen LogP contribution is -2.39. The highest BCUT2D eigenvalue weighted by Gasteiger charge is 2.53. The molecular weight excluding hydrogens is 401 g/mol. The van der Waals surface area contributed by atoms with E-state index in [1.54, 1.807) is 4.57 Å². The molecule has 0 amide bonds. The molecule has 13 heteroatoms. The van der Waals surface area contributed by atoms with Gasteiger partial charge in [-0.2, -0.15) is 0 Å². The van der Waals surface area contributed by atoms with Crippen molar-refractivity contribution in [2.45, 2.75) is 38.4 Å². The fraction of sp³-hybridized carbons (Fsp3) is 0.643. The number of phosphoric acid groups is 1. The van der Waals surface area contributed by atoms with Gasteiger partial charge in [0.15, 0.2) is 17.0 Å². The molecule has 2 aromatic rings. The number of imidazole rings is 1. The van der Waals surface area contributed by atoms with Crippen LogP contribution in [0.5, 0.6) is 0 Å². The number of rotatable bonds is 4. The van der Waals surface area contributed by atoms with E-state index in [1.165, 1.54) is 6.33 Å². The maximum absolute atomic E-state index is 11.7. The van der Waals surface area contributed by atoms with Gasteiger partial charge >= 0.3 is 7.82 Å². The number of ether oxygens (including phenoxy) is 1. The highest BCUT2D eigenvalue weighted by molar-refractivity contribution is 7.47.